The summed E-state index contributed by atoms with van der Waals surface area (Å²) in [7, 11) is 0. The Labute approximate surface area is 121 Å². The summed E-state index contributed by atoms with van der Waals surface area (Å²) in [6.07, 6.45) is 0. The number of hydrogen-bond acceptors (Lipinski definition) is 4. The van der Waals surface area contributed by atoms with Crippen molar-refractivity contribution in [2.75, 3.05) is 11.9 Å². The molecule has 1 amide bonds. The molecule has 1 aliphatic rings. The minimum Gasteiger partial charge on any atom is -0.458 e. The zero-order valence-corrected chi connectivity index (χ0v) is 11.1. The normalized spacial score (nSPS) is 20.3. The quantitative estimate of drug-likeness (QED) is 0.822. The molecule has 21 heavy (non-hydrogen) atoms. The Hall–Kier alpha value is -2.66. The van der Waals surface area contributed by atoms with Crippen molar-refractivity contribution in [1.29, 1.82) is 0 Å². The number of nitrogens with one attached hydrogen (secondary N) is 1. The van der Waals surface area contributed by atoms with Crippen LogP contribution in [0.4, 0.5) is 5.69 Å². The van der Waals surface area contributed by atoms with E-state index in [-0.39, 0.29) is 11.1 Å². The first kappa shape index (κ1) is 13.3. The zero-order valence-electron chi connectivity index (χ0n) is 11.1. The molecule has 0 radical (unpaired) electrons. The predicted octanol–water partition coefficient (Wildman–Crippen LogP) is 1.68. The van der Waals surface area contributed by atoms with E-state index in [9.17, 15) is 14.7 Å². The molecule has 5 nitrogen and oxygen atoms in total. The third kappa shape index (κ3) is 2.28. The van der Waals surface area contributed by atoms with Crippen LogP contribution < -0.4 is 5.32 Å². The van der Waals surface area contributed by atoms with Gasteiger partial charge in [-0.05, 0) is 18.2 Å². The largest absolute Gasteiger partial charge is 0.458 e. The van der Waals surface area contributed by atoms with Crippen LogP contribution in [0.1, 0.15) is 15.9 Å². The highest BCUT2D eigenvalue weighted by Gasteiger charge is 2.45. The lowest BCUT2D eigenvalue weighted by molar-refractivity contribution is -0.141. The summed E-state index contributed by atoms with van der Waals surface area (Å²) in [5, 5.41) is 13.3. The second-order valence-electron chi connectivity index (χ2n) is 4.80. The minimum atomic E-state index is -1.89. The van der Waals surface area contributed by atoms with Crippen molar-refractivity contribution in [2.45, 2.75) is 5.60 Å². The van der Waals surface area contributed by atoms with Crippen LogP contribution in [-0.4, -0.2) is 23.6 Å². The summed E-state index contributed by atoms with van der Waals surface area (Å²) in [6, 6.07) is 15.2. The van der Waals surface area contributed by atoms with Crippen LogP contribution in [-0.2, 0) is 15.1 Å². The molecule has 1 unspecified atom stereocenters. The highest BCUT2D eigenvalue weighted by atomic mass is 16.5. The first-order chi connectivity index (χ1) is 10.1. The van der Waals surface area contributed by atoms with Gasteiger partial charge >= 0.3 is 5.97 Å². The fourth-order valence-corrected chi connectivity index (χ4v) is 2.29. The summed E-state index contributed by atoms with van der Waals surface area (Å²) >= 11 is 0. The number of fused-ring (bicyclic) bond motifs is 1. The molecule has 3 rings (SSSR count). The van der Waals surface area contributed by atoms with Crippen molar-refractivity contribution >= 4 is 17.6 Å². The van der Waals surface area contributed by atoms with Crippen LogP contribution in [0.25, 0.3) is 0 Å². The van der Waals surface area contributed by atoms with Crippen LogP contribution in [0.3, 0.4) is 0 Å². The molecule has 1 aliphatic heterocycles. The fourth-order valence-electron chi connectivity index (χ4n) is 2.29. The second kappa shape index (κ2) is 5.03. The summed E-state index contributed by atoms with van der Waals surface area (Å²) in [5.74, 6) is -1.17. The van der Waals surface area contributed by atoms with E-state index >= 15 is 0 Å². The van der Waals surface area contributed by atoms with Crippen molar-refractivity contribution in [1.82, 2.24) is 0 Å². The van der Waals surface area contributed by atoms with E-state index in [0.717, 1.165) is 0 Å². The molecule has 2 N–H and O–H groups in total. The standard InChI is InChI=1S/C16H13NO4/c18-14-12-8-4-5-9-13(12)16(20,10-21-14)15(19)17-11-6-2-1-3-7-11/h1-9,20H,10H2,(H,17,19). The smallest absolute Gasteiger partial charge is 0.338 e. The molecule has 0 fully saturated rings. The maximum Gasteiger partial charge on any atom is 0.338 e. The van der Waals surface area contributed by atoms with E-state index in [1.165, 1.54) is 6.07 Å². The van der Waals surface area contributed by atoms with E-state index < -0.39 is 24.1 Å². The molecule has 0 aliphatic carbocycles. The Morgan fingerprint density at radius 2 is 1.76 bits per heavy atom. The highest BCUT2D eigenvalue weighted by Crippen LogP contribution is 2.31. The molecule has 0 saturated carbocycles. The Bertz CT molecular complexity index is 698. The van der Waals surface area contributed by atoms with Crippen LogP contribution in [0.2, 0.25) is 0 Å². The molecule has 0 spiro atoms. The lowest BCUT2D eigenvalue weighted by Gasteiger charge is -2.32. The first-order valence-corrected chi connectivity index (χ1v) is 6.47. The Balaban J connectivity index is 1.96. The third-order valence-electron chi connectivity index (χ3n) is 3.41. The molecule has 0 saturated heterocycles. The van der Waals surface area contributed by atoms with Gasteiger partial charge in [0.2, 0.25) is 5.60 Å². The molecule has 5 heteroatoms. The van der Waals surface area contributed by atoms with Gasteiger partial charge in [0.1, 0.15) is 6.61 Å². The summed E-state index contributed by atoms with van der Waals surface area (Å²) in [5.41, 5.74) is -0.866. The van der Waals surface area contributed by atoms with Crippen molar-refractivity contribution in [3.05, 3.63) is 65.7 Å². The van der Waals surface area contributed by atoms with E-state index in [0.29, 0.717) is 5.69 Å². The maximum absolute atomic E-state index is 12.4. The molecule has 0 aromatic heterocycles. The molecule has 1 atom stereocenters. The molecular weight excluding hydrogens is 270 g/mol. The number of anilines is 1. The van der Waals surface area contributed by atoms with E-state index in [1.807, 2.05) is 6.07 Å². The van der Waals surface area contributed by atoms with Crippen LogP contribution in [0.5, 0.6) is 0 Å². The lowest BCUT2D eigenvalue weighted by Crippen LogP contribution is -2.48. The number of para-hydroxylation sites is 1. The van der Waals surface area contributed by atoms with Crippen molar-refractivity contribution in [2.24, 2.45) is 0 Å². The van der Waals surface area contributed by atoms with Gasteiger partial charge in [-0.1, -0.05) is 36.4 Å². The number of rotatable bonds is 2. The average molecular weight is 283 g/mol. The maximum atomic E-state index is 12.4. The van der Waals surface area contributed by atoms with Crippen LogP contribution in [0, 0.1) is 0 Å². The van der Waals surface area contributed by atoms with Gasteiger partial charge in [0.25, 0.3) is 5.91 Å². The summed E-state index contributed by atoms with van der Waals surface area (Å²) in [4.78, 5) is 24.1. The highest BCUT2D eigenvalue weighted by molar-refractivity contribution is 6.02. The van der Waals surface area contributed by atoms with E-state index in [2.05, 4.69) is 5.32 Å². The molecule has 2 aromatic rings. The number of ether oxygens (including phenoxy) is 1. The van der Waals surface area contributed by atoms with Gasteiger partial charge in [0, 0.05) is 11.3 Å². The second-order valence-corrected chi connectivity index (χ2v) is 4.80. The molecular formula is C16H13NO4. The van der Waals surface area contributed by atoms with Gasteiger partial charge in [0.05, 0.1) is 5.56 Å². The Kier molecular flexibility index (Phi) is 3.19. The third-order valence-corrected chi connectivity index (χ3v) is 3.41. The number of benzene rings is 2. The number of amides is 1. The van der Waals surface area contributed by atoms with Crippen LogP contribution >= 0.6 is 0 Å². The van der Waals surface area contributed by atoms with Gasteiger partial charge < -0.3 is 15.2 Å². The van der Waals surface area contributed by atoms with E-state index in [1.54, 1.807) is 42.5 Å². The average Bonchev–Trinajstić information content (AvgIpc) is 2.52. The van der Waals surface area contributed by atoms with Gasteiger partial charge in [-0.3, -0.25) is 4.79 Å². The molecule has 106 valence electrons. The topological polar surface area (TPSA) is 75.6 Å². The zero-order chi connectivity index (χ0) is 14.9. The number of carbonyl (C=O) groups excluding carboxylic acids is 2. The van der Waals surface area contributed by atoms with Crippen molar-refractivity contribution < 1.29 is 19.4 Å². The number of carbonyl (C=O) groups is 2. The van der Waals surface area contributed by atoms with Crippen LogP contribution in [0.15, 0.2) is 54.6 Å². The lowest BCUT2D eigenvalue weighted by atomic mass is 9.87. The van der Waals surface area contributed by atoms with E-state index in [4.69, 9.17) is 4.74 Å². The van der Waals surface area contributed by atoms with Gasteiger partial charge in [-0.25, -0.2) is 4.79 Å². The fraction of sp³-hybridized carbons (Fsp3) is 0.125. The van der Waals surface area contributed by atoms with Gasteiger partial charge in [0.15, 0.2) is 0 Å². The monoisotopic (exact) mass is 283 g/mol. The molecule has 1 heterocycles. The summed E-state index contributed by atoms with van der Waals surface area (Å²) < 4.78 is 4.93. The van der Waals surface area contributed by atoms with Crippen molar-refractivity contribution in [3.63, 3.8) is 0 Å². The minimum absolute atomic E-state index is 0.203. The van der Waals surface area contributed by atoms with Gasteiger partial charge in [-0.2, -0.15) is 0 Å². The number of cyclic esters (lactones) is 1. The Morgan fingerprint density at radius 1 is 1.10 bits per heavy atom. The molecule has 0 bridgehead atoms. The number of hydrogen-bond donors (Lipinski definition) is 2. The van der Waals surface area contributed by atoms with Gasteiger partial charge in [-0.15, -0.1) is 0 Å². The first-order valence-electron chi connectivity index (χ1n) is 6.47. The SMILES string of the molecule is O=C1OCC(O)(C(=O)Nc2ccccc2)c2ccccc21. The number of aliphatic hydroxyl groups is 1. The molecule has 2 aromatic carbocycles. The predicted molar refractivity (Wildman–Crippen MR) is 75.7 cm³/mol. The Morgan fingerprint density at radius 3 is 2.52 bits per heavy atom. The summed E-state index contributed by atoms with van der Waals surface area (Å²) in [6.45, 7) is -0.401. The van der Waals surface area contributed by atoms with Crippen molar-refractivity contribution in [3.8, 4) is 0 Å². The number of esters is 1.